The molecule has 5 rings (SSSR count). The Labute approximate surface area is 202 Å². The van der Waals surface area contributed by atoms with E-state index in [1.807, 2.05) is 41.7 Å². The van der Waals surface area contributed by atoms with Gasteiger partial charge in [0.2, 0.25) is 0 Å². The van der Waals surface area contributed by atoms with Crippen molar-refractivity contribution in [3.63, 3.8) is 0 Å². The standard InChI is InChI=1S/C28H35N3OS/c1-23-9-7-8-16-31(23)22-26-15-14-25(33-26)21-29-17-19-30(20-18-29)27-12-5-6-13-28(27)32-24-10-3-2-4-11-24/h2-6,10-15,23H,7-9,16-22H2,1H3. The van der Waals surface area contributed by atoms with Gasteiger partial charge in [0.15, 0.2) is 5.75 Å². The summed E-state index contributed by atoms with van der Waals surface area (Å²) in [6.07, 6.45) is 4.09. The summed E-state index contributed by atoms with van der Waals surface area (Å²) >= 11 is 2.01. The van der Waals surface area contributed by atoms with Crippen LogP contribution in [0.4, 0.5) is 5.69 Å². The number of hydrogen-bond donors (Lipinski definition) is 0. The van der Waals surface area contributed by atoms with Crippen molar-refractivity contribution in [1.29, 1.82) is 0 Å². The number of nitrogens with zero attached hydrogens (tertiary/aromatic N) is 3. The van der Waals surface area contributed by atoms with Gasteiger partial charge in [-0.05, 0) is 62.7 Å². The minimum atomic E-state index is 0.728. The molecule has 3 heterocycles. The molecule has 1 aromatic heterocycles. The Balaban J connectivity index is 1.15. The van der Waals surface area contributed by atoms with Gasteiger partial charge in [-0.25, -0.2) is 0 Å². The molecule has 2 saturated heterocycles. The second-order valence-corrected chi connectivity index (χ2v) is 10.6. The number of rotatable bonds is 7. The Hall–Kier alpha value is -2.34. The first kappa shape index (κ1) is 22.5. The molecule has 0 amide bonds. The van der Waals surface area contributed by atoms with Crippen molar-refractivity contribution in [1.82, 2.24) is 9.80 Å². The van der Waals surface area contributed by atoms with Crippen LogP contribution in [0.2, 0.25) is 0 Å². The monoisotopic (exact) mass is 461 g/mol. The van der Waals surface area contributed by atoms with Gasteiger partial charge in [-0.1, -0.05) is 36.8 Å². The second kappa shape index (κ2) is 10.7. The van der Waals surface area contributed by atoms with E-state index in [1.54, 1.807) is 0 Å². The number of piperidine rings is 1. The lowest BCUT2D eigenvalue weighted by Gasteiger charge is -2.36. The molecular weight excluding hydrogens is 426 g/mol. The van der Waals surface area contributed by atoms with Crippen molar-refractivity contribution in [3.05, 3.63) is 76.5 Å². The highest BCUT2D eigenvalue weighted by Gasteiger charge is 2.22. The zero-order valence-electron chi connectivity index (χ0n) is 19.7. The Morgan fingerprint density at radius 2 is 1.52 bits per heavy atom. The number of benzene rings is 2. The molecule has 0 aliphatic carbocycles. The number of anilines is 1. The van der Waals surface area contributed by atoms with Crippen LogP contribution in [-0.2, 0) is 13.1 Å². The van der Waals surface area contributed by atoms with E-state index in [4.69, 9.17) is 4.74 Å². The minimum absolute atomic E-state index is 0.728. The van der Waals surface area contributed by atoms with E-state index < -0.39 is 0 Å². The van der Waals surface area contributed by atoms with Crippen molar-refractivity contribution >= 4 is 17.0 Å². The lowest BCUT2D eigenvalue weighted by Crippen LogP contribution is -2.45. The number of hydrogen-bond acceptors (Lipinski definition) is 5. The summed E-state index contributed by atoms with van der Waals surface area (Å²) in [7, 11) is 0. The maximum absolute atomic E-state index is 6.20. The predicted molar refractivity (Wildman–Crippen MR) is 138 cm³/mol. The predicted octanol–water partition coefficient (Wildman–Crippen LogP) is 6.24. The maximum Gasteiger partial charge on any atom is 0.150 e. The molecule has 2 aliphatic heterocycles. The van der Waals surface area contributed by atoms with E-state index in [0.717, 1.165) is 56.8 Å². The van der Waals surface area contributed by atoms with E-state index in [-0.39, 0.29) is 0 Å². The molecule has 0 saturated carbocycles. The number of thiophene rings is 1. The molecule has 5 heteroatoms. The molecule has 2 fully saturated rings. The summed E-state index contributed by atoms with van der Waals surface area (Å²) in [6.45, 7) is 10.0. The fraction of sp³-hybridized carbons (Fsp3) is 0.429. The van der Waals surface area contributed by atoms with Crippen molar-refractivity contribution < 1.29 is 4.74 Å². The maximum atomic E-state index is 6.20. The minimum Gasteiger partial charge on any atom is -0.455 e. The molecule has 0 N–H and O–H groups in total. The average molecular weight is 462 g/mol. The second-order valence-electron chi connectivity index (χ2n) is 9.33. The van der Waals surface area contributed by atoms with E-state index >= 15 is 0 Å². The summed E-state index contributed by atoms with van der Waals surface area (Å²) in [5.41, 5.74) is 1.19. The van der Waals surface area contributed by atoms with Gasteiger partial charge in [-0.2, -0.15) is 0 Å². The lowest BCUT2D eigenvalue weighted by atomic mass is 10.0. The summed E-state index contributed by atoms with van der Waals surface area (Å²) in [4.78, 5) is 10.7. The largest absolute Gasteiger partial charge is 0.455 e. The lowest BCUT2D eigenvalue weighted by molar-refractivity contribution is 0.154. The summed E-state index contributed by atoms with van der Waals surface area (Å²) in [6, 6.07) is 23.9. The first-order valence-electron chi connectivity index (χ1n) is 12.4. The highest BCUT2D eigenvalue weighted by molar-refractivity contribution is 7.11. The molecule has 3 aromatic rings. The van der Waals surface area contributed by atoms with Crippen LogP contribution in [0.1, 0.15) is 35.9 Å². The summed E-state index contributed by atoms with van der Waals surface area (Å²) in [5.74, 6) is 1.82. The zero-order chi connectivity index (χ0) is 22.5. The molecule has 0 radical (unpaired) electrons. The van der Waals surface area contributed by atoms with Gasteiger partial charge in [0, 0.05) is 55.1 Å². The van der Waals surface area contributed by atoms with Gasteiger partial charge < -0.3 is 9.64 Å². The molecule has 2 aliphatic rings. The van der Waals surface area contributed by atoms with Crippen molar-refractivity contribution in [2.24, 2.45) is 0 Å². The summed E-state index contributed by atoms with van der Waals surface area (Å²) < 4.78 is 6.20. The van der Waals surface area contributed by atoms with E-state index in [1.165, 1.54) is 41.2 Å². The third kappa shape index (κ3) is 5.78. The molecule has 1 unspecified atom stereocenters. The van der Waals surface area contributed by atoms with Crippen molar-refractivity contribution in [2.75, 3.05) is 37.6 Å². The SMILES string of the molecule is CC1CCCCN1Cc1ccc(CN2CCN(c3ccccc3Oc3ccccc3)CC2)s1. The number of para-hydroxylation sites is 3. The van der Waals surface area contributed by atoms with Gasteiger partial charge in [0.05, 0.1) is 5.69 Å². The molecule has 0 spiro atoms. The molecule has 174 valence electrons. The van der Waals surface area contributed by atoms with Gasteiger partial charge in [0.1, 0.15) is 5.75 Å². The Bertz CT molecular complexity index is 1010. The Kier molecular flexibility index (Phi) is 7.30. The normalized spacial score (nSPS) is 20.2. The molecule has 33 heavy (non-hydrogen) atoms. The van der Waals surface area contributed by atoms with Gasteiger partial charge in [-0.3, -0.25) is 9.80 Å². The van der Waals surface area contributed by atoms with Gasteiger partial charge in [-0.15, -0.1) is 11.3 Å². The topological polar surface area (TPSA) is 19.0 Å². The average Bonchev–Trinajstić information content (AvgIpc) is 3.29. The van der Waals surface area contributed by atoms with Crippen molar-refractivity contribution in [3.8, 4) is 11.5 Å². The van der Waals surface area contributed by atoms with Gasteiger partial charge in [0.25, 0.3) is 0 Å². The van der Waals surface area contributed by atoms with E-state index in [9.17, 15) is 0 Å². The number of likely N-dealkylation sites (tertiary alicyclic amines) is 1. The van der Waals surface area contributed by atoms with Crippen LogP contribution < -0.4 is 9.64 Å². The molecule has 1 atom stereocenters. The van der Waals surface area contributed by atoms with E-state index in [2.05, 4.69) is 58.0 Å². The van der Waals surface area contributed by atoms with Crippen LogP contribution in [0.3, 0.4) is 0 Å². The van der Waals surface area contributed by atoms with Gasteiger partial charge >= 0.3 is 0 Å². The first-order valence-corrected chi connectivity index (χ1v) is 13.2. The molecule has 2 aromatic carbocycles. The van der Waals surface area contributed by atoms with Crippen LogP contribution in [-0.4, -0.2) is 48.6 Å². The van der Waals surface area contributed by atoms with Crippen LogP contribution in [0.5, 0.6) is 11.5 Å². The third-order valence-electron chi connectivity index (χ3n) is 6.95. The van der Waals surface area contributed by atoms with Crippen molar-refractivity contribution in [2.45, 2.75) is 45.3 Å². The molecule has 4 nitrogen and oxygen atoms in total. The molecular formula is C28H35N3OS. The number of ether oxygens (including phenoxy) is 1. The Morgan fingerprint density at radius 3 is 2.30 bits per heavy atom. The number of piperazine rings is 1. The fourth-order valence-electron chi connectivity index (χ4n) is 4.97. The fourth-order valence-corrected chi connectivity index (χ4v) is 6.06. The molecule has 0 bridgehead atoms. The van der Waals surface area contributed by atoms with E-state index in [0.29, 0.717) is 0 Å². The van der Waals surface area contributed by atoms with Crippen LogP contribution in [0, 0.1) is 0 Å². The first-order chi connectivity index (χ1) is 16.2. The van der Waals surface area contributed by atoms with Crippen LogP contribution in [0.15, 0.2) is 66.7 Å². The van der Waals surface area contributed by atoms with Crippen LogP contribution in [0.25, 0.3) is 0 Å². The van der Waals surface area contributed by atoms with Crippen LogP contribution >= 0.6 is 11.3 Å². The summed E-state index contributed by atoms with van der Waals surface area (Å²) in [5, 5.41) is 0. The zero-order valence-corrected chi connectivity index (χ0v) is 20.5. The Morgan fingerprint density at radius 1 is 0.788 bits per heavy atom. The highest BCUT2D eigenvalue weighted by Crippen LogP contribution is 2.33. The smallest absolute Gasteiger partial charge is 0.150 e. The third-order valence-corrected chi connectivity index (χ3v) is 8.00. The highest BCUT2D eigenvalue weighted by atomic mass is 32.1. The quantitative estimate of drug-likeness (QED) is 0.415.